The van der Waals surface area contributed by atoms with E-state index in [0.29, 0.717) is 0 Å². The van der Waals surface area contributed by atoms with Crippen molar-refractivity contribution in [3.63, 3.8) is 0 Å². The van der Waals surface area contributed by atoms with Crippen LogP contribution in [0.15, 0.2) is 127 Å². The second-order valence-electron chi connectivity index (χ2n) is 10.7. The summed E-state index contributed by atoms with van der Waals surface area (Å²) in [5, 5.41) is 5.21. The van der Waals surface area contributed by atoms with Crippen molar-refractivity contribution in [3.8, 4) is 27.9 Å². The van der Waals surface area contributed by atoms with E-state index in [0.717, 1.165) is 0 Å². The molecule has 0 aliphatic heterocycles. The number of aromatic nitrogens is 1. The molecule has 1 nitrogen and oxygen atoms in total. The maximum absolute atomic E-state index is 2.46. The summed E-state index contributed by atoms with van der Waals surface area (Å²) >= 11 is 1.87. The topological polar surface area (TPSA) is 4.93 Å². The lowest BCUT2D eigenvalue weighted by atomic mass is 9.92. The number of fused-ring (bicyclic) bond motifs is 6. The van der Waals surface area contributed by atoms with E-state index >= 15 is 0 Å². The fraction of sp³-hybridized carbons (Fsp3) is 0.0526. The van der Waals surface area contributed by atoms with Gasteiger partial charge in [-0.3, -0.25) is 0 Å². The van der Waals surface area contributed by atoms with E-state index in [2.05, 4.69) is 146 Å². The molecule has 0 saturated carbocycles. The minimum absolute atomic E-state index is 1.24. The molecule has 8 rings (SSSR count). The zero-order valence-corrected chi connectivity index (χ0v) is 23.3. The third-order valence-corrected chi connectivity index (χ3v) is 9.44. The average molecular weight is 530 g/mol. The molecule has 0 aliphatic carbocycles. The minimum atomic E-state index is 1.24. The van der Waals surface area contributed by atoms with Crippen LogP contribution in [0, 0.1) is 13.8 Å². The number of benzene rings is 6. The van der Waals surface area contributed by atoms with Crippen LogP contribution in [-0.4, -0.2) is 4.57 Å². The van der Waals surface area contributed by atoms with Crippen LogP contribution in [0.3, 0.4) is 0 Å². The Kier molecular flexibility index (Phi) is 5.20. The third kappa shape index (κ3) is 3.46. The van der Waals surface area contributed by atoms with Crippen molar-refractivity contribution in [1.82, 2.24) is 4.57 Å². The first-order valence-corrected chi connectivity index (χ1v) is 14.6. The smallest absolute Gasteiger partial charge is 0.0555 e. The van der Waals surface area contributed by atoms with Crippen LogP contribution in [0.1, 0.15) is 11.1 Å². The normalized spacial score (nSPS) is 11.8. The van der Waals surface area contributed by atoms with Crippen LogP contribution < -0.4 is 0 Å². The van der Waals surface area contributed by atoms with Gasteiger partial charge >= 0.3 is 0 Å². The van der Waals surface area contributed by atoms with Gasteiger partial charge in [-0.05, 0) is 89.7 Å². The lowest BCUT2D eigenvalue weighted by Gasteiger charge is -2.13. The molecule has 0 spiro atoms. The first kappa shape index (κ1) is 23.2. The number of hydrogen-bond donors (Lipinski definition) is 0. The zero-order valence-electron chi connectivity index (χ0n) is 22.5. The Hall–Kier alpha value is -4.66. The van der Waals surface area contributed by atoms with Gasteiger partial charge in [-0.2, -0.15) is 0 Å². The largest absolute Gasteiger partial charge is 0.309 e. The average Bonchev–Trinajstić information content (AvgIpc) is 3.53. The molecule has 40 heavy (non-hydrogen) atoms. The van der Waals surface area contributed by atoms with E-state index < -0.39 is 0 Å². The van der Waals surface area contributed by atoms with E-state index in [1.807, 2.05) is 11.3 Å². The van der Waals surface area contributed by atoms with Crippen LogP contribution in [-0.2, 0) is 0 Å². The summed E-state index contributed by atoms with van der Waals surface area (Å²) in [6, 6.07) is 46.8. The van der Waals surface area contributed by atoms with Gasteiger partial charge in [0.25, 0.3) is 0 Å². The van der Waals surface area contributed by atoms with Crippen molar-refractivity contribution in [2.75, 3.05) is 0 Å². The van der Waals surface area contributed by atoms with Crippen molar-refractivity contribution in [1.29, 1.82) is 0 Å². The van der Waals surface area contributed by atoms with Gasteiger partial charge in [0.05, 0.1) is 16.7 Å². The number of hydrogen-bond acceptors (Lipinski definition) is 1. The molecule has 2 aromatic heterocycles. The number of rotatable bonds is 3. The van der Waals surface area contributed by atoms with Crippen LogP contribution in [0.5, 0.6) is 0 Å². The van der Waals surface area contributed by atoms with Crippen LogP contribution >= 0.6 is 11.3 Å². The Balaban J connectivity index is 1.38. The van der Waals surface area contributed by atoms with E-state index in [4.69, 9.17) is 0 Å². The molecule has 0 radical (unpaired) electrons. The highest BCUT2D eigenvalue weighted by molar-refractivity contribution is 7.25. The third-order valence-electron chi connectivity index (χ3n) is 8.30. The predicted molar refractivity (Wildman–Crippen MR) is 174 cm³/mol. The van der Waals surface area contributed by atoms with Gasteiger partial charge in [0, 0.05) is 30.9 Å². The fourth-order valence-corrected chi connectivity index (χ4v) is 7.45. The molecule has 0 aliphatic rings. The molecule has 0 saturated heterocycles. The van der Waals surface area contributed by atoms with Gasteiger partial charge in [-0.15, -0.1) is 11.3 Å². The minimum Gasteiger partial charge on any atom is -0.309 e. The van der Waals surface area contributed by atoms with Crippen molar-refractivity contribution < 1.29 is 0 Å². The Labute approximate surface area is 237 Å². The molecular formula is C38H27NS. The molecule has 0 bridgehead atoms. The summed E-state index contributed by atoms with van der Waals surface area (Å²) in [7, 11) is 0. The molecule has 6 aromatic carbocycles. The first-order valence-electron chi connectivity index (χ1n) is 13.8. The van der Waals surface area contributed by atoms with Gasteiger partial charge in [0.2, 0.25) is 0 Å². The lowest BCUT2D eigenvalue weighted by molar-refractivity contribution is 1.20. The SMILES string of the molecule is Cc1ccccc1-c1cc(-c2ccc3c(c2)c2ccccc2n3-c2cccc3sc4ccccc4c23)ccc1C. The summed E-state index contributed by atoms with van der Waals surface area (Å²) in [6.07, 6.45) is 0. The standard InChI is InChI=1S/C38H27NS/c1-24-10-3-4-11-28(24)31-22-26(19-18-25(31)2)27-20-21-34-32(23-27)29-12-5-7-14-33(29)39(34)35-15-9-17-37-38(35)30-13-6-8-16-36(30)40-37/h3-23H,1-2H3. The van der Waals surface area contributed by atoms with Gasteiger partial charge in [0.15, 0.2) is 0 Å². The maximum atomic E-state index is 2.46. The Bertz CT molecular complexity index is 2240. The second-order valence-corrected chi connectivity index (χ2v) is 11.8. The maximum Gasteiger partial charge on any atom is 0.0555 e. The first-order chi connectivity index (χ1) is 19.7. The summed E-state index contributed by atoms with van der Waals surface area (Å²) in [4.78, 5) is 0. The van der Waals surface area contributed by atoms with Gasteiger partial charge in [-0.1, -0.05) is 84.9 Å². The fourth-order valence-electron chi connectivity index (χ4n) is 6.32. The molecule has 8 aromatic rings. The number of thiophene rings is 1. The second kappa shape index (κ2) is 8.94. The monoisotopic (exact) mass is 529 g/mol. The molecule has 0 N–H and O–H groups in total. The highest BCUT2D eigenvalue weighted by atomic mass is 32.1. The molecule has 0 amide bonds. The van der Waals surface area contributed by atoms with Crippen LogP contribution in [0.4, 0.5) is 0 Å². The van der Waals surface area contributed by atoms with Crippen molar-refractivity contribution in [2.45, 2.75) is 13.8 Å². The Morgan fingerprint density at radius 2 is 1.15 bits per heavy atom. The predicted octanol–water partition coefficient (Wildman–Crippen LogP) is 11.1. The molecular weight excluding hydrogens is 502 g/mol. The van der Waals surface area contributed by atoms with E-state index in [1.165, 1.54) is 81.0 Å². The van der Waals surface area contributed by atoms with E-state index in [1.54, 1.807) is 0 Å². The molecule has 0 unspecified atom stereocenters. The van der Waals surface area contributed by atoms with Gasteiger partial charge < -0.3 is 4.57 Å². The molecule has 0 atom stereocenters. The molecule has 0 fully saturated rings. The summed E-state index contributed by atoms with van der Waals surface area (Å²) in [5.74, 6) is 0. The highest BCUT2D eigenvalue weighted by Crippen LogP contribution is 2.42. The summed E-state index contributed by atoms with van der Waals surface area (Å²) in [5.41, 5.74) is 11.4. The van der Waals surface area contributed by atoms with Crippen molar-refractivity contribution in [2.24, 2.45) is 0 Å². The lowest BCUT2D eigenvalue weighted by Crippen LogP contribution is -1.94. The summed E-state index contributed by atoms with van der Waals surface area (Å²) in [6.45, 7) is 4.40. The van der Waals surface area contributed by atoms with Crippen LogP contribution in [0.25, 0.3) is 69.9 Å². The Morgan fingerprint density at radius 1 is 0.475 bits per heavy atom. The quantitative estimate of drug-likeness (QED) is 0.214. The molecule has 190 valence electrons. The highest BCUT2D eigenvalue weighted by Gasteiger charge is 2.17. The van der Waals surface area contributed by atoms with Gasteiger partial charge in [-0.25, -0.2) is 0 Å². The van der Waals surface area contributed by atoms with Gasteiger partial charge in [0.1, 0.15) is 0 Å². The molecule has 2 heterocycles. The van der Waals surface area contributed by atoms with Crippen molar-refractivity contribution in [3.05, 3.63) is 139 Å². The van der Waals surface area contributed by atoms with E-state index in [-0.39, 0.29) is 0 Å². The Morgan fingerprint density at radius 3 is 2.05 bits per heavy atom. The van der Waals surface area contributed by atoms with Crippen LogP contribution in [0.2, 0.25) is 0 Å². The number of aryl methyl sites for hydroxylation is 2. The molecule has 2 heteroatoms. The summed E-state index contributed by atoms with van der Waals surface area (Å²) < 4.78 is 5.12. The number of nitrogens with zero attached hydrogens (tertiary/aromatic N) is 1. The number of para-hydroxylation sites is 1. The van der Waals surface area contributed by atoms with E-state index in [9.17, 15) is 0 Å². The zero-order chi connectivity index (χ0) is 26.8. The van der Waals surface area contributed by atoms with Crippen molar-refractivity contribution >= 4 is 53.3 Å².